The van der Waals surface area contributed by atoms with E-state index in [1.807, 2.05) is 12.1 Å². The highest BCUT2D eigenvalue weighted by atomic mass is 35.5. The molecule has 1 aliphatic rings. The van der Waals surface area contributed by atoms with Crippen LogP contribution in [0, 0.1) is 0 Å². The highest BCUT2D eigenvalue weighted by molar-refractivity contribution is 6.51. The molecule has 0 aliphatic carbocycles. The lowest BCUT2D eigenvalue weighted by Gasteiger charge is -2.23. The van der Waals surface area contributed by atoms with Gasteiger partial charge in [0.2, 0.25) is 5.95 Å². The van der Waals surface area contributed by atoms with Crippen LogP contribution in [0.2, 0.25) is 5.02 Å². The van der Waals surface area contributed by atoms with Crippen LogP contribution in [0.1, 0.15) is 17.2 Å². The topological polar surface area (TPSA) is 116 Å². The van der Waals surface area contributed by atoms with Crippen molar-refractivity contribution >= 4 is 46.0 Å². The van der Waals surface area contributed by atoms with Crippen LogP contribution in [0.3, 0.4) is 0 Å². The van der Waals surface area contributed by atoms with Crippen molar-refractivity contribution in [3.8, 4) is 11.5 Å². The molecule has 1 amide bonds. The average molecular weight is 476 g/mol. The Morgan fingerprint density at radius 3 is 2.53 bits per heavy atom. The molecule has 1 aliphatic heterocycles. The van der Waals surface area contributed by atoms with Crippen molar-refractivity contribution in [1.29, 1.82) is 0 Å². The molecule has 3 aromatic carbocycles. The van der Waals surface area contributed by atoms with E-state index in [0.29, 0.717) is 22.3 Å². The normalized spacial score (nSPS) is 17.5. The SMILES string of the molecule is COc1ccc(Cl)c(/C(O)=C2\C(=O)C(=O)N(c3nc4ccccc4[nH]3)C2c2ccc(O)cc2)c1. The summed E-state index contributed by atoms with van der Waals surface area (Å²) in [6, 6.07) is 16.8. The molecule has 8 nitrogen and oxygen atoms in total. The fourth-order valence-corrected chi connectivity index (χ4v) is 4.24. The summed E-state index contributed by atoms with van der Waals surface area (Å²) in [6.07, 6.45) is 0. The Balaban J connectivity index is 1.75. The third kappa shape index (κ3) is 3.45. The van der Waals surface area contributed by atoms with Crippen LogP contribution < -0.4 is 9.64 Å². The van der Waals surface area contributed by atoms with Gasteiger partial charge in [-0.05, 0) is 48.0 Å². The highest BCUT2D eigenvalue weighted by Crippen LogP contribution is 2.43. The lowest BCUT2D eigenvalue weighted by atomic mass is 9.95. The zero-order valence-corrected chi connectivity index (χ0v) is 18.6. The number of hydrogen-bond acceptors (Lipinski definition) is 6. The summed E-state index contributed by atoms with van der Waals surface area (Å²) in [6.45, 7) is 0. The van der Waals surface area contributed by atoms with Gasteiger partial charge in [-0.25, -0.2) is 4.98 Å². The predicted octanol–water partition coefficient (Wildman–Crippen LogP) is 4.56. The van der Waals surface area contributed by atoms with E-state index in [4.69, 9.17) is 16.3 Å². The lowest BCUT2D eigenvalue weighted by Crippen LogP contribution is -2.30. The Labute approximate surface area is 198 Å². The Morgan fingerprint density at radius 1 is 1.09 bits per heavy atom. The number of H-pyrrole nitrogens is 1. The summed E-state index contributed by atoms with van der Waals surface area (Å²) < 4.78 is 5.22. The van der Waals surface area contributed by atoms with Crippen LogP contribution in [-0.4, -0.2) is 39.0 Å². The van der Waals surface area contributed by atoms with Gasteiger partial charge in [-0.1, -0.05) is 35.9 Å². The van der Waals surface area contributed by atoms with Crippen molar-refractivity contribution in [3.05, 3.63) is 88.5 Å². The molecule has 3 N–H and O–H groups in total. The van der Waals surface area contributed by atoms with E-state index >= 15 is 0 Å². The number of phenolic OH excluding ortho intramolecular Hbond substituents is 1. The number of nitrogens with zero attached hydrogens (tertiary/aromatic N) is 2. The van der Waals surface area contributed by atoms with E-state index in [2.05, 4.69) is 9.97 Å². The molecular formula is C25H18ClN3O5. The number of halogens is 1. The van der Waals surface area contributed by atoms with Crippen LogP contribution in [0.4, 0.5) is 5.95 Å². The van der Waals surface area contributed by atoms with Crippen LogP contribution in [0.15, 0.2) is 72.3 Å². The van der Waals surface area contributed by atoms with E-state index in [9.17, 15) is 19.8 Å². The second kappa shape index (κ2) is 8.24. The number of carbonyl (C=O) groups excluding carboxylic acids is 2. The number of methoxy groups -OCH3 is 1. The molecule has 9 heteroatoms. The smallest absolute Gasteiger partial charge is 0.302 e. The monoisotopic (exact) mass is 475 g/mol. The van der Waals surface area contributed by atoms with Crippen molar-refractivity contribution < 1.29 is 24.5 Å². The number of aliphatic hydroxyl groups is 1. The van der Waals surface area contributed by atoms with Crippen LogP contribution in [-0.2, 0) is 9.59 Å². The first kappa shape index (κ1) is 21.5. The van der Waals surface area contributed by atoms with Crippen molar-refractivity contribution in [2.24, 2.45) is 0 Å². The largest absolute Gasteiger partial charge is 0.508 e. The second-order valence-corrected chi connectivity index (χ2v) is 8.09. The van der Waals surface area contributed by atoms with Crippen molar-refractivity contribution in [2.45, 2.75) is 6.04 Å². The molecular weight excluding hydrogens is 458 g/mol. The summed E-state index contributed by atoms with van der Waals surface area (Å²) in [4.78, 5) is 35.3. The van der Waals surface area contributed by atoms with Crippen LogP contribution in [0.25, 0.3) is 16.8 Å². The quantitative estimate of drug-likeness (QED) is 0.226. The second-order valence-electron chi connectivity index (χ2n) is 7.68. The number of imidazole rings is 1. The van der Waals surface area contributed by atoms with Gasteiger partial charge in [-0.3, -0.25) is 14.5 Å². The molecule has 34 heavy (non-hydrogen) atoms. The number of amides is 1. The molecule has 0 spiro atoms. The van der Waals surface area contributed by atoms with Gasteiger partial charge in [0.05, 0.1) is 34.8 Å². The van der Waals surface area contributed by atoms with Crippen molar-refractivity contribution in [3.63, 3.8) is 0 Å². The summed E-state index contributed by atoms with van der Waals surface area (Å²) in [5, 5.41) is 21.2. The third-order valence-electron chi connectivity index (χ3n) is 5.69. The highest BCUT2D eigenvalue weighted by Gasteiger charge is 2.48. The van der Waals surface area contributed by atoms with E-state index in [0.717, 1.165) is 0 Å². The Bertz CT molecular complexity index is 1440. The van der Waals surface area contributed by atoms with E-state index < -0.39 is 23.5 Å². The first-order valence-electron chi connectivity index (χ1n) is 10.3. The van der Waals surface area contributed by atoms with E-state index in [1.165, 1.54) is 36.3 Å². The molecule has 1 saturated heterocycles. The number of ketones is 1. The summed E-state index contributed by atoms with van der Waals surface area (Å²) in [5.41, 5.74) is 1.76. The zero-order valence-electron chi connectivity index (χ0n) is 17.8. The number of carbonyl (C=O) groups is 2. The number of rotatable bonds is 4. The first-order chi connectivity index (χ1) is 16.4. The molecule has 0 saturated carbocycles. The molecule has 1 unspecified atom stereocenters. The van der Waals surface area contributed by atoms with Gasteiger partial charge in [0.1, 0.15) is 17.3 Å². The predicted molar refractivity (Wildman–Crippen MR) is 127 cm³/mol. The number of aromatic nitrogens is 2. The maximum absolute atomic E-state index is 13.3. The number of hydrogen-bond donors (Lipinski definition) is 3. The fraction of sp³-hybridized carbons (Fsp3) is 0.0800. The lowest BCUT2D eigenvalue weighted by molar-refractivity contribution is -0.132. The number of para-hydroxylation sites is 2. The molecule has 0 bridgehead atoms. The van der Waals surface area contributed by atoms with Crippen LogP contribution in [0.5, 0.6) is 11.5 Å². The van der Waals surface area contributed by atoms with Gasteiger partial charge >= 0.3 is 5.91 Å². The summed E-state index contributed by atoms with van der Waals surface area (Å²) in [5.74, 6) is -1.62. The molecule has 4 aromatic rings. The number of anilines is 1. The Morgan fingerprint density at radius 2 is 1.82 bits per heavy atom. The third-order valence-corrected chi connectivity index (χ3v) is 6.02. The van der Waals surface area contributed by atoms with Gasteiger partial charge in [-0.2, -0.15) is 0 Å². The van der Waals surface area contributed by atoms with Gasteiger partial charge in [0.25, 0.3) is 5.78 Å². The Kier molecular flexibility index (Phi) is 5.22. The standard InChI is InChI=1S/C25H18ClN3O5/c1-34-15-10-11-17(26)16(12-15)22(31)20-21(13-6-8-14(30)9-7-13)29(24(33)23(20)32)25-27-18-4-2-3-5-19(18)28-25/h2-12,21,30-31H,1H3,(H,27,28)/b22-20+. The van der Waals surface area contributed by atoms with Gasteiger partial charge in [0.15, 0.2) is 0 Å². The van der Waals surface area contributed by atoms with Gasteiger partial charge in [-0.15, -0.1) is 0 Å². The van der Waals surface area contributed by atoms with Crippen molar-refractivity contribution in [1.82, 2.24) is 9.97 Å². The molecule has 0 radical (unpaired) electrons. The number of benzene rings is 3. The number of Topliss-reactive ketones (excluding diaryl/α,β-unsaturated/α-hetero) is 1. The Hall–Kier alpha value is -4.30. The molecule has 1 aromatic heterocycles. The van der Waals surface area contributed by atoms with Crippen molar-refractivity contribution in [2.75, 3.05) is 12.0 Å². The molecule has 1 atom stereocenters. The molecule has 5 rings (SSSR count). The molecule has 170 valence electrons. The number of aromatic amines is 1. The number of aromatic hydroxyl groups is 1. The number of ether oxygens (including phenoxy) is 1. The minimum atomic E-state index is -1.02. The van der Waals surface area contributed by atoms with E-state index in [-0.39, 0.29) is 27.9 Å². The molecule has 2 heterocycles. The van der Waals surface area contributed by atoms with E-state index in [1.54, 1.807) is 30.3 Å². The maximum Gasteiger partial charge on any atom is 0.302 e. The number of fused-ring (bicyclic) bond motifs is 1. The minimum absolute atomic E-state index is 0.0141. The van der Waals surface area contributed by atoms with Gasteiger partial charge in [0, 0.05) is 5.56 Å². The summed E-state index contributed by atoms with van der Waals surface area (Å²) in [7, 11) is 1.46. The maximum atomic E-state index is 13.3. The minimum Gasteiger partial charge on any atom is -0.508 e. The number of phenols is 1. The average Bonchev–Trinajstić information content (AvgIpc) is 3.38. The zero-order chi connectivity index (χ0) is 24.0. The summed E-state index contributed by atoms with van der Waals surface area (Å²) >= 11 is 6.32. The number of aliphatic hydroxyl groups excluding tert-OH is 1. The fourth-order valence-electron chi connectivity index (χ4n) is 4.03. The number of nitrogens with one attached hydrogen (secondary N) is 1. The molecule has 1 fully saturated rings. The first-order valence-corrected chi connectivity index (χ1v) is 10.7. The van der Waals surface area contributed by atoms with Gasteiger partial charge < -0.3 is 19.9 Å². The van der Waals surface area contributed by atoms with Crippen LogP contribution >= 0.6 is 11.6 Å².